The Morgan fingerprint density at radius 2 is 1.60 bits per heavy atom. The highest BCUT2D eigenvalue weighted by Gasteiger charge is 2.22. The normalized spacial score (nSPS) is 12.5. The fraction of sp³-hybridized carbons (Fsp3) is 0.647. The molecule has 0 spiro atoms. The van der Waals surface area contributed by atoms with Crippen molar-refractivity contribution in [2.24, 2.45) is 0 Å². The van der Waals surface area contributed by atoms with E-state index in [1.165, 1.54) is 5.56 Å². The lowest BCUT2D eigenvalue weighted by Gasteiger charge is -2.25. The molecule has 1 aromatic carbocycles. The summed E-state index contributed by atoms with van der Waals surface area (Å²) in [7, 11) is 0. The van der Waals surface area contributed by atoms with Crippen molar-refractivity contribution < 1.29 is 9.84 Å². The average molecular weight is 279 g/mol. The highest BCUT2D eigenvalue weighted by Crippen LogP contribution is 2.19. The Bertz CT molecular complexity index is 388. The molecule has 0 aliphatic heterocycles. The maximum absolute atomic E-state index is 10.2. The average Bonchev–Trinajstić information content (AvgIpc) is 2.43. The first-order valence-electron chi connectivity index (χ1n) is 7.47. The van der Waals surface area contributed by atoms with Crippen molar-refractivity contribution in [3.8, 4) is 5.75 Å². The van der Waals surface area contributed by atoms with Gasteiger partial charge in [0.2, 0.25) is 0 Å². The first kappa shape index (κ1) is 17.0. The molecule has 0 amide bonds. The molecule has 0 saturated heterocycles. The van der Waals surface area contributed by atoms with Crippen molar-refractivity contribution in [1.29, 1.82) is 0 Å². The minimum Gasteiger partial charge on any atom is -0.491 e. The number of rotatable bonds is 7. The van der Waals surface area contributed by atoms with Crippen molar-refractivity contribution in [2.45, 2.75) is 65.1 Å². The van der Waals surface area contributed by atoms with Crippen LogP contribution in [0.1, 0.15) is 53.0 Å². The van der Waals surface area contributed by atoms with Crippen LogP contribution in [-0.4, -0.2) is 22.9 Å². The first-order valence-corrected chi connectivity index (χ1v) is 7.47. The largest absolute Gasteiger partial charge is 0.491 e. The predicted molar refractivity (Wildman–Crippen MR) is 84.1 cm³/mol. The van der Waals surface area contributed by atoms with E-state index in [1.54, 1.807) is 0 Å². The van der Waals surface area contributed by atoms with Crippen LogP contribution in [0, 0.1) is 0 Å². The van der Waals surface area contributed by atoms with Crippen molar-refractivity contribution in [3.05, 3.63) is 29.8 Å². The molecule has 20 heavy (non-hydrogen) atoms. The molecular formula is C17H29NO2. The number of benzene rings is 1. The Morgan fingerprint density at radius 1 is 1.05 bits per heavy atom. The molecule has 0 saturated carbocycles. The van der Waals surface area contributed by atoms with Crippen molar-refractivity contribution in [3.63, 3.8) is 0 Å². The predicted octanol–water partition coefficient (Wildman–Crippen LogP) is 3.50. The number of hydrogen-bond acceptors (Lipinski definition) is 3. The third kappa shape index (κ3) is 5.93. The second kappa shape index (κ2) is 7.09. The maximum Gasteiger partial charge on any atom is 0.119 e. The van der Waals surface area contributed by atoms with E-state index in [-0.39, 0.29) is 5.54 Å². The second-order valence-electron chi connectivity index (χ2n) is 6.47. The van der Waals surface area contributed by atoms with Crippen LogP contribution in [0.15, 0.2) is 24.3 Å². The maximum atomic E-state index is 10.2. The van der Waals surface area contributed by atoms with Crippen LogP contribution in [-0.2, 0) is 6.54 Å². The molecule has 0 aliphatic carbocycles. The van der Waals surface area contributed by atoms with Gasteiger partial charge in [-0.3, -0.25) is 0 Å². The van der Waals surface area contributed by atoms with E-state index in [0.29, 0.717) is 19.4 Å². The topological polar surface area (TPSA) is 41.5 Å². The molecule has 3 nitrogen and oxygen atoms in total. The molecule has 3 heteroatoms. The van der Waals surface area contributed by atoms with Gasteiger partial charge in [-0.05, 0) is 51.3 Å². The molecule has 1 aromatic rings. The minimum absolute atomic E-state index is 0.119. The van der Waals surface area contributed by atoms with Crippen molar-refractivity contribution in [1.82, 2.24) is 5.32 Å². The molecule has 0 aromatic heterocycles. The van der Waals surface area contributed by atoms with E-state index in [9.17, 15) is 5.11 Å². The van der Waals surface area contributed by atoms with E-state index < -0.39 is 5.60 Å². The third-order valence-corrected chi connectivity index (χ3v) is 3.57. The summed E-state index contributed by atoms with van der Waals surface area (Å²) in [5.74, 6) is 0.810. The lowest BCUT2D eigenvalue weighted by atomic mass is 9.99. The van der Waals surface area contributed by atoms with E-state index in [1.807, 2.05) is 26.0 Å². The van der Waals surface area contributed by atoms with Crippen molar-refractivity contribution >= 4 is 0 Å². The SMILES string of the molecule is CCC(O)(CC)COc1ccc(CNC(C)(C)C)cc1. The Labute approximate surface area is 123 Å². The summed E-state index contributed by atoms with van der Waals surface area (Å²) >= 11 is 0. The summed E-state index contributed by atoms with van der Waals surface area (Å²) in [4.78, 5) is 0. The highest BCUT2D eigenvalue weighted by atomic mass is 16.5. The summed E-state index contributed by atoms with van der Waals surface area (Å²) in [6, 6.07) is 8.05. The Hall–Kier alpha value is -1.06. The molecule has 0 aliphatic rings. The molecule has 0 unspecified atom stereocenters. The van der Waals surface area contributed by atoms with Gasteiger partial charge in [0.1, 0.15) is 12.4 Å². The van der Waals surface area contributed by atoms with Gasteiger partial charge < -0.3 is 15.2 Å². The molecule has 0 bridgehead atoms. The van der Waals surface area contributed by atoms with Crippen LogP contribution >= 0.6 is 0 Å². The van der Waals surface area contributed by atoms with Crippen LogP contribution in [0.2, 0.25) is 0 Å². The molecule has 0 atom stereocenters. The van der Waals surface area contributed by atoms with Gasteiger partial charge >= 0.3 is 0 Å². The number of ether oxygens (including phenoxy) is 1. The van der Waals surface area contributed by atoms with E-state index in [0.717, 1.165) is 12.3 Å². The lowest BCUT2D eigenvalue weighted by molar-refractivity contribution is -0.0113. The van der Waals surface area contributed by atoms with Gasteiger partial charge in [0.15, 0.2) is 0 Å². The van der Waals surface area contributed by atoms with Gasteiger partial charge in [0, 0.05) is 12.1 Å². The molecule has 0 radical (unpaired) electrons. The van der Waals surface area contributed by atoms with Crippen LogP contribution in [0.3, 0.4) is 0 Å². The van der Waals surface area contributed by atoms with Crippen LogP contribution in [0.25, 0.3) is 0 Å². The quantitative estimate of drug-likeness (QED) is 0.802. The summed E-state index contributed by atoms with van der Waals surface area (Å²) < 4.78 is 5.68. The fourth-order valence-corrected chi connectivity index (χ4v) is 1.74. The molecule has 0 heterocycles. The zero-order valence-corrected chi connectivity index (χ0v) is 13.5. The van der Waals surface area contributed by atoms with E-state index in [2.05, 4.69) is 38.2 Å². The smallest absolute Gasteiger partial charge is 0.119 e. The summed E-state index contributed by atoms with van der Waals surface area (Å²) in [5, 5.41) is 13.6. The monoisotopic (exact) mass is 279 g/mol. The molecule has 2 N–H and O–H groups in total. The Kier molecular flexibility index (Phi) is 6.03. The number of aliphatic hydroxyl groups is 1. The Morgan fingerprint density at radius 3 is 2.05 bits per heavy atom. The van der Waals surface area contributed by atoms with E-state index >= 15 is 0 Å². The minimum atomic E-state index is -0.716. The third-order valence-electron chi connectivity index (χ3n) is 3.57. The summed E-state index contributed by atoms with van der Waals surface area (Å²) in [6.45, 7) is 11.6. The molecule has 114 valence electrons. The Balaban J connectivity index is 2.50. The van der Waals surface area contributed by atoms with Gasteiger partial charge in [0.05, 0.1) is 5.60 Å². The van der Waals surface area contributed by atoms with Gasteiger partial charge in [-0.2, -0.15) is 0 Å². The zero-order valence-electron chi connectivity index (χ0n) is 13.5. The van der Waals surface area contributed by atoms with Gasteiger partial charge in [0.25, 0.3) is 0 Å². The van der Waals surface area contributed by atoms with Crippen LogP contribution < -0.4 is 10.1 Å². The summed E-state index contributed by atoms with van der Waals surface area (Å²) in [5.41, 5.74) is 0.633. The lowest BCUT2D eigenvalue weighted by Crippen LogP contribution is -2.35. The van der Waals surface area contributed by atoms with Crippen molar-refractivity contribution in [2.75, 3.05) is 6.61 Å². The van der Waals surface area contributed by atoms with Gasteiger partial charge in [-0.1, -0.05) is 26.0 Å². The fourth-order valence-electron chi connectivity index (χ4n) is 1.74. The summed E-state index contributed by atoms with van der Waals surface area (Å²) in [6.07, 6.45) is 1.41. The molecule has 0 fully saturated rings. The number of nitrogens with one attached hydrogen (secondary N) is 1. The standard InChI is InChI=1S/C17H29NO2/c1-6-17(19,7-2)13-20-15-10-8-14(9-11-15)12-18-16(3,4)5/h8-11,18-19H,6-7,12-13H2,1-5H3. The van der Waals surface area contributed by atoms with Gasteiger partial charge in [-0.15, -0.1) is 0 Å². The van der Waals surface area contributed by atoms with Crippen LogP contribution in [0.5, 0.6) is 5.75 Å². The zero-order chi connectivity index (χ0) is 15.2. The highest BCUT2D eigenvalue weighted by molar-refractivity contribution is 5.27. The van der Waals surface area contributed by atoms with Gasteiger partial charge in [-0.25, -0.2) is 0 Å². The molecular weight excluding hydrogens is 250 g/mol. The molecule has 1 rings (SSSR count). The van der Waals surface area contributed by atoms with E-state index in [4.69, 9.17) is 4.74 Å². The number of hydrogen-bond donors (Lipinski definition) is 2. The second-order valence-corrected chi connectivity index (χ2v) is 6.47. The first-order chi connectivity index (χ1) is 9.28. The van der Waals surface area contributed by atoms with Crippen LogP contribution in [0.4, 0.5) is 0 Å².